The van der Waals surface area contributed by atoms with Crippen LogP contribution in [0.2, 0.25) is 0 Å². The minimum atomic E-state index is -0.457. The van der Waals surface area contributed by atoms with Crippen LogP contribution in [0.1, 0.15) is 21.9 Å². The third-order valence-electron chi connectivity index (χ3n) is 2.69. The number of aryl methyl sites for hydroxylation is 1. The van der Waals surface area contributed by atoms with Gasteiger partial charge in [-0.2, -0.15) is 10.1 Å². The highest BCUT2D eigenvalue weighted by Gasteiger charge is 2.21. The number of carbonyl (C=O) groups excluding carboxylic acids is 1. The van der Waals surface area contributed by atoms with Gasteiger partial charge in [0, 0.05) is 12.7 Å². The van der Waals surface area contributed by atoms with Crippen molar-refractivity contribution in [2.75, 3.05) is 13.3 Å². The molecule has 0 fully saturated rings. The molecule has 0 saturated heterocycles. The predicted molar refractivity (Wildman–Crippen MR) is 73.6 cm³/mol. The number of rotatable bonds is 4. The van der Waals surface area contributed by atoms with Crippen LogP contribution < -0.4 is 5.69 Å². The average Bonchev–Trinajstić information content (AvgIpc) is 2.89. The van der Waals surface area contributed by atoms with E-state index in [4.69, 9.17) is 0 Å². The summed E-state index contributed by atoms with van der Waals surface area (Å²) in [6.07, 6.45) is 3.15. The number of nitrogens with one attached hydrogen (secondary N) is 2. The molecule has 0 atom stereocenters. The molecule has 9 heteroatoms. The molecular formula is C11H14N6O2S. The van der Waals surface area contributed by atoms with Crippen molar-refractivity contribution in [1.82, 2.24) is 30.0 Å². The van der Waals surface area contributed by atoms with E-state index in [0.29, 0.717) is 28.7 Å². The number of hydrogen-bond acceptors (Lipinski definition) is 6. The van der Waals surface area contributed by atoms with E-state index in [1.54, 1.807) is 20.2 Å². The monoisotopic (exact) mass is 294 g/mol. The molecule has 0 aliphatic carbocycles. The van der Waals surface area contributed by atoms with Crippen LogP contribution in [0.4, 0.5) is 0 Å². The molecule has 2 aromatic rings. The lowest BCUT2D eigenvalue weighted by Gasteiger charge is -2.17. The van der Waals surface area contributed by atoms with Crippen LogP contribution in [0.5, 0.6) is 0 Å². The lowest BCUT2D eigenvalue weighted by Crippen LogP contribution is -2.30. The summed E-state index contributed by atoms with van der Waals surface area (Å²) in [5.74, 6) is 0.355. The predicted octanol–water partition coefficient (Wildman–Crippen LogP) is 0.191. The van der Waals surface area contributed by atoms with E-state index in [9.17, 15) is 9.59 Å². The highest BCUT2D eigenvalue weighted by molar-refractivity contribution is 7.98. The Morgan fingerprint density at radius 3 is 2.85 bits per heavy atom. The molecule has 2 N–H and O–H groups in total. The molecule has 20 heavy (non-hydrogen) atoms. The zero-order valence-electron chi connectivity index (χ0n) is 11.3. The molecule has 0 spiro atoms. The van der Waals surface area contributed by atoms with Gasteiger partial charge < -0.3 is 9.88 Å². The highest BCUT2D eigenvalue weighted by atomic mass is 32.2. The van der Waals surface area contributed by atoms with Crippen LogP contribution in [-0.4, -0.2) is 49.3 Å². The highest BCUT2D eigenvalue weighted by Crippen LogP contribution is 2.19. The Hall–Kier alpha value is -2.16. The zero-order valence-corrected chi connectivity index (χ0v) is 12.1. The summed E-state index contributed by atoms with van der Waals surface area (Å²) in [7, 11) is 1.65. The maximum Gasteiger partial charge on any atom is 0.346 e. The molecule has 106 valence electrons. The van der Waals surface area contributed by atoms with Gasteiger partial charge in [0.2, 0.25) is 0 Å². The Balaban J connectivity index is 2.31. The van der Waals surface area contributed by atoms with Crippen molar-refractivity contribution in [3.8, 4) is 0 Å². The topological polar surface area (TPSA) is 108 Å². The third-order valence-corrected chi connectivity index (χ3v) is 3.37. The van der Waals surface area contributed by atoms with Gasteiger partial charge in [0.1, 0.15) is 17.2 Å². The first kappa shape index (κ1) is 14.3. The SMILES string of the molecule is CSc1nc(=O)[nH]c(C)c1C(=O)N(C)Cc1ncn[nH]1. The van der Waals surface area contributed by atoms with E-state index < -0.39 is 5.69 Å². The van der Waals surface area contributed by atoms with Crippen LogP contribution in [-0.2, 0) is 6.54 Å². The zero-order chi connectivity index (χ0) is 14.7. The maximum absolute atomic E-state index is 12.5. The second kappa shape index (κ2) is 5.87. The van der Waals surface area contributed by atoms with E-state index in [-0.39, 0.29) is 5.91 Å². The Kier molecular flexibility index (Phi) is 4.18. The lowest BCUT2D eigenvalue weighted by atomic mass is 10.2. The molecule has 0 aromatic carbocycles. The van der Waals surface area contributed by atoms with Crippen molar-refractivity contribution in [1.29, 1.82) is 0 Å². The number of H-pyrrole nitrogens is 2. The first-order valence-electron chi connectivity index (χ1n) is 5.77. The minimum absolute atomic E-state index is 0.230. The van der Waals surface area contributed by atoms with Gasteiger partial charge in [-0.05, 0) is 13.2 Å². The fourth-order valence-corrected chi connectivity index (χ4v) is 2.37. The second-order valence-electron chi connectivity index (χ2n) is 4.14. The standard InChI is InChI=1S/C11H14N6O2S/c1-6-8(9(20-3)15-11(19)14-6)10(18)17(2)4-7-12-5-13-16-7/h5H,4H2,1-3H3,(H,12,13,16)(H,14,15,19). The molecule has 0 aliphatic rings. The van der Waals surface area contributed by atoms with Crippen LogP contribution in [0.15, 0.2) is 16.1 Å². The molecule has 2 aromatic heterocycles. The first-order valence-corrected chi connectivity index (χ1v) is 7.00. The fourth-order valence-electron chi connectivity index (χ4n) is 1.75. The molecule has 0 aliphatic heterocycles. The van der Waals surface area contributed by atoms with Gasteiger partial charge >= 0.3 is 5.69 Å². The Morgan fingerprint density at radius 2 is 2.25 bits per heavy atom. The van der Waals surface area contributed by atoms with Crippen molar-refractivity contribution in [3.05, 3.63) is 33.9 Å². The maximum atomic E-state index is 12.5. The van der Waals surface area contributed by atoms with Crippen LogP contribution in [0.25, 0.3) is 0 Å². The smallest absolute Gasteiger partial charge is 0.334 e. The van der Waals surface area contributed by atoms with Crippen LogP contribution in [0.3, 0.4) is 0 Å². The van der Waals surface area contributed by atoms with Gasteiger partial charge in [0.05, 0.1) is 12.1 Å². The van der Waals surface area contributed by atoms with Gasteiger partial charge in [-0.3, -0.25) is 9.89 Å². The van der Waals surface area contributed by atoms with E-state index in [1.165, 1.54) is 23.0 Å². The largest absolute Gasteiger partial charge is 0.346 e. The second-order valence-corrected chi connectivity index (χ2v) is 4.94. The summed E-state index contributed by atoms with van der Waals surface area (Å²) >= 11 is 1.26. The van der Waals surface area contributed by atoms with Crippen LogP contribution >= 0.6 is 11.8 Å². The molecule has 0 unspecified atom stereocenters. The number of carbonyl (C=O) groups is 1. The first-order chi connectivity index (χ1) is 9.52. The fraction of sp³-hybridized carbons (Fsp3) is 0.364. The van der Waals surface area contributed by atoms with Gasteiger partial charge in [-0.25, -0.2) is 9.78 Å². The van der Waals surface area contributed by atoms with Crippen molar-refractivity contribution < 1.29 is 4.79 Å². The summed E-state index contributed by atoms with van der Waals surface area (Å²) in [5.41, 5.74) is 0.448. The molecule has 2 heterocycles. The van der Waals surface area contributed by atoms with E-state index >= 15 is 0 Å². The summed E-state index contributed by atoms with van der Waals surface area (Å²) in [4.78, 5) is 35.6. The van der Waals surface area contributed by atoms with Crippen LogP contribution in [0, 0.1) is 6.92 Å². The number of hydrogen-bond donors (Lipinski definition) is 2. The number of aromatic nitrogens is 5. The molecule has 1 amide bonds. The summed E-state index contributed by atoms with van der Waals surface area (Å²) in [6.45, 7) is 1.98. The van der Waals surface area contributed by atoms with E-state index in [1.807, 2.05) is 0 Å². The van der Waals surface area contributed by atoms with E-state index in [0.717, 1.165) is 0 Å². The molecular weight excluding hydrogens is 280 g/mol. The van der Waals surface area contributed by atoms with Crippen molar-refractivity contribution in [3.63, 3.8) is 0 Å². The van der Waals surface area contributed by atoms with E-state index in [2.05, 4.69) is 25.1 Å². The number of nitrogens with zero attached hydrogens (tertiary/aromatic N) is 4. The molecule has 0 bridgehead atoms. The summed E-state index contributed by atoms with van der Waals surface area (Å²) in [5, 5.41) is 6.84. The Labute approximate surface area is 119 Å². The quantitative estimate of drug-likeness (QED) is 0.615. The number of amides is 1. The molecule has 8 nitrogen and oxygen atoms in total. The van der Waals surface area contributed by atoms with Crippen molar-refractivity contribution in [2.45, 2.75) is 18.5 Å². The minimum Gasteiger partial charge on any atom is -0.334 e. The molecule has 0 radical (unpaired) electrons. The third kappa shape index (κ3) is 2.87. The van der Waals surface area contributed by atoms with Gasteiger partial charge in [0.25, 0.3) is 5.91 Å². The summed E-state index contributed by atoms with van der Waals surface area (Å²) < 4.78 is 0. The average molecular weight is 294 g/mol. The van der Waals surface area contributed by atoms with Gasteiger partial charge in [-0.15, -0.1) is 11.8 Å². The van der Waals surface area contributed by atoms with Gasteiger partial charge in [0.15, 0.2) is 0 Å². The van der Waals surface area contributed by atoms with Gasteiger partial charge in [-0.1, -0.05) is 0 Å². The Morgan fingerprint density at radius 1 is 1.50 bits per heavy atom. The number of thioether (sulfide) groups is 1. The lowest BCUT2D eigenvalue weighted by molar-refractivity contribution is 0.0776. The normalized spacial score (nSPS) is 10.6. The summed E-state index contributed by atoms with van der Waals surface area (Å²) in [6, 6.07) is 0. The van der Waals surface area contributed by atoms with Crippen molar-refractivity contribution >= 4 is 17.7 Å². The molecule has 2 rings (SSSR count). The van der Waals surface area contributed by atoms with Crippen molar-refractivity contribution in [2.24, 2.45) is 0 Å². The Bertz CT molecular complexity index is 666. The molecule has 0 saturated carbocycles. The number of aromatic amines is 2.